The monoisotopic (exact) mass is 387 g/mol. The van der Waals surface area contributed by atoms with Crippen molar-refractivity contribution in [2.75, 3.05) is 20.8 Å². The quantitative estimate of drug-likeness (QED) is 0.650. The minimum atomic E-state index is 0.0898. The van der Waals surface area contributed by atoms with Gasteiger partial charge in [0.05, 0.1) is 20.6 Å². The van der Waals surface area contributed by atoms with Gasteiger partial charge in [0.25, 0.3) is 0 Å². The second kappa shape index (κ2) is 8.39. The lowest BCUT2D eigenvalue weighted by Crippen LogP contribution is -2.39. The molecule has 148 valence electrons. The molecule has 29 heavy (non-hydrogen) atoms. The average molecular weight is 387 g/mol. The molecule has 4 nitrogen and oxygen atoms in total. The van der Waals surface area contributed by atoms with Gasteiger partial charge in [-0.05, 0) is 34.9 Å². The fraction of sp³-hybridized carbons (Fsp3) is 0.240. The molecule has 1 aliphatic rings. The van der Waals surface area contributed by atoms with Gasteiger partial charge in [0, 0.05) is 24.6 Å². The van der Waals surface area contributed by atoms with E-state index >= 15 is 0 Å². The summed E-state index contributed by atoms with van der Waals surface area (Å²) in [5.74, 6) is 1.69. The van der Waals surface area contributed by atoms with E-state index in [4.69, 9.17) is 9.47 Å². The van der Waals surface area contributed by atoms with Gasteiger partial charge >= 0.3 is 0 Å². The van der Waals surface area contributed by atoms with E-state index in [-0.39, 0.29) is 18.2 Å². The maximum Gasteiger partial charge on any atom is 0.227 e. The molecule has 0 saturated carbocycles. The third-order valence-corrected chi connectivity index (χ3v) is 5.58. The molecule has 3 aromatic rings. The van der Waals surface area contributed by atoms with Crippen LogP contribution in [0.15, 0.2) is 72.8 Å². The molecular weight excluding hydrogens is 362 g/mol. The minimum absolute atomic E-state index is 0.0898. The standard InChI is InChI=1S/C25H25NO3/c1-28-21-12-13-24(29-2)20(14-21)15-25(27)26-16-19-10-6-7-11-22(19)23(17-26)18-8-4-3-5-9-18/h3-14,23H,15-17H2,1-2H3. The van der Waals surface area contributed by atoms with Crippen molar-refractivity contribution in [2.24, 2.45) is 0 Å². The second-order valence-corrected chi connectivity index (χ2v) is 7.29. The van der Waals surface area contributed by atoms with Gasteiger partial charge in [-0.25, -0.2) is 0 Å². The van der Waals surface area contributed by atoms with Crippen molar-refractivity contribution in [3.8, 4) is 11.5 Å². The number of carbonyl (C=O) groups excluding carboxylic acids is 1. The van der Waals surface area contributed by atoms with Gasteiger partial charge in [-0.3, -0.25) is 4.79 Å². The molecule has 0 aliphatic carbocycles. The highest BCUT2D eigenvalue weighted by atomic mass is 16.5. The molecule has 0 aromatic heterocycles. The number of nitrogens with zero attached hydrogens (tertiary/aromatic N) is 1. The lowest BCUT2D eigenvalue weighted by Gasteiger charge is -2.35. The molecule has 0 fully saturated rings. The Morgan fingerprint density at radius 1 is 0.966 bits per heavy atom. The first-order valence-corrected chi connectivity index (χ1v) is 9.81. The van der Waals surface area contributed by atoms with Crippen molar-refractivity contribution < 1.29 is 14.3 Å². The van der Waals surface area contributed by atoms with Crippen molar-refractivity contribution in [3.63, 3.8) is 0 Å². The molecule has 0 radical (unpaired) electrons. The van der Waals surface area contributed by atoms with Crippen LogP contribution in [0.25, 0.3) is 0 Å². The molecule has 0 spiro atoms. The van der Waals surface area contributed by atoms with Crippen LogP contribution in [0.5, 0.6) is 11.5 Å². The Hall–Kier alpha value is -3.27. The number of methoxy groups -OCH3 is 2. The van der Waals surface area contributed by atoms with Crippen LogP contribution in [-0.2, 0) is 17.8 Å². The van der Waals surface area contributed by atoms with E-state index in [1.807, 2.05) is 35.2 Å². The molecule has 1 atom stereocenters. The Balaban J connectivity index is 1.62. The SMILES string of the molecule is COc1ccc(OC)c(CC(=O)N2Cc3ccccc3C(c3ccccc3)C2)c1. The molecule has 3 aromatic carbocycles. The zero-order chi connectivity index (χ0) is 20.2. The highest BCUT2D eigenvalue weighted by molar-refractivity contribution is 5.80. The van der Waals surface area contributed by atoms with Crippen molar-refractivity contribution in [1.82, 2.24) is 4.90 Å². The summed E-state index contributed by atoms with van der Waals surface area (Å²) < 4.78 is 10.8. The number of amides is 1. The van der Waals surface area contributed by atoms with Crippen molar-refractivity contribution in [3.05, 3.63) is 95.1 Å². The number of rotatable bonds is 5. The fourth-order valence-corrected chi connectivity index (χ4v) is 4.06. The Morgan fingerprint density at radius 2 is 1.72 bits per heavy atom. The topological polar surface area (TPSA) is 38.8 Å². The zero-order valence-electron chi connectivity index (χ0n) is 16.8. The summed E-state index contributed by atoms with van der Waals surface area (Å²) in [5, 5.41) is 0. The molecule has 1 heterocycles. The van der Waals surface area contributed by atoms with E-state index in [2.05, 4.69) is 42.5 Å². The number of hydrogen-bond acceptors (Lipinski definition) is 3. The fourth-order valence-electron chi connectivity index (χ4n) is 4.06. The summed E-state index contributed by atoms with van der Waals surface area (Å²) in [4.78, 5) is 15.2. The molecule has 0 bridgehead atoms. The van der Waals surface area contributed by atoms with Gasteiger partial charge < -0.3 is 14.4 Å². The predicted octanol–water partition coefficient (Wildman–Crippen LogP) is 4.42. The largest absolute Gasteiger partial charge is 0.497 e. The average Bonchev–Trinajstić information content (AvgIpc) is 2.78. The van der Waals surface area contributed by atoms with Crippen LogP contribution in [0.4, 0.5) is 0 Å². The minimum Gasteiger partial charge on any atom is -0.497 e. The molecule has 1 unspecified atom stereocenters. The lowest BCUT2D eigenvalue weighted by molar-refractivity contribution is -0.131. The van der Waals surface area contributed by atoms with Crippen LogP contribution in [0, 0.1) is 0 Å². The lowest BCUT2D eigenvalue weighted by atomic mass is 9.84. The maximum atomic E-state index is 13.3. The number of carbonyl (C=O) groups is 1. The van der Waals surface area contributed by atoms with Crippen LogP contribution < -0.4 is 9.47 Å². The molecule has 4 heteroatoms. The number of benzene rings is 3. The van der Waals surface area contributed by atoms with E-state index in [1.165, 1.54) is 16.7 Å². The van der Waals surface area contributed by atoms with Crippen LogP contribution in [0.2, 0.25) is 0 Å². The summed E-state index contributed by atoms with van der Waals surface area (Å²) in [7, 11) is 3.25. The van der Waals surface area contributed by atoms with Crippen molar-refractivity contribution in [1.29, 1.82) is 0 Å². The summed E-state index contributed by atoms with van der Waals surface area (Å²) in [6.07, 6.45) is 0.282. The summed E-state index contributed by atoms with van der Waals surface area (Å²) in [5.41, 5.74) is 4.59. The first-order valence-electron chi connectivity index (χ1n) is 9.81. The highest BCUT2D eigenvalue weighted by Crippen LogP contribution is 2.34. The number of ether oxygens (including phenoxy) is 2. The van der Waals surface area contributed by atoms with E-state index in [1.54, 1.807) is 14.2 Å². The first kappa shape index (κ1) is 19.1. The molecule has 4 rings (SSSR count). The molecule has 1 aliphatic heterocycles. The zero-order valence-corrected chi connectivity index (χ0v) is 16.8. The Morgan fingerprint density at radius 3 is 2.48 bits per heavy atom. The van der Waals surface area contributed by atoms with Gasteiger partial charge in [0.1, 0.15) is 11.5 Å². The predicted molar refractivity (Wildman–Crippen MR) is 113 cm³/mol. The Kier molecular flexibility index (Phi) is 5.52. The van der Waals surface area contributed by atoms with Gasteiger partial charge in [-0.1, -0.05) is 54.6 Å². The number of hydrogen-bond donors (Lipinski definition) is 0. The third-order valence-electron chi connectivity index (χ3n) is 5.58. The normalized spacial score (nSPS) is 15.5. The molecule has 0 saturated heterocycles. The van der Waals surface area contributed by atoms with Crippen LogP contribution in [0.1, 0.15) is 28.2 Å². The van der Waals surface area contributed by atoms with Crippen molar-refractivity contribution in [2.45, 2.75) is 18.9 Å². The molecule has 1 amide bonds. The summed E-state index contributed by atoms with van der Waals surface area (Å²) >= 11 is 0. The van der Waals surface area contributed by atoms with E-state index in [0.717, 1.165) is 11.3 Å². The summed E-state index contributed by atoms with van der Waals surface area (Å²) in [6, 6.07) is 24.4. The Bertz CT molecular complexity index is 1000. The van der Waals surface area contributed by atoms with Gasteiger partial charge in [0.2, 0.25) is 5.91 Å². The summed E-state index contributed by atoms with van der Waals surface area (Å²) in [6.45, 7) is 1.30. The van der Waals surface area contributed by atoms with Gasteiger partial charge in [-0.2, -0.15) is 0 Å². The van der Waals surface area contributed by atoms with Crippen molar-refractivity contribution >= 4 is 5.91 Å². The first-order chi connectivity index (χ1) is 14.2. The maximum absolute atomic E-state index is 13.3. The smallest absolute Gasteiger partial charge is 0.227 e. The highest BCUT2D eigenvalue weighted by Gasteiger charge is 2.29. The van der Waals surface area contributed by atoms with E-state index in [9.17, 15) is 4.79 Å². The number of fused-ring (bicyclic) bond motifs is 1. The molecular formula is C25H25NO3. The van der Waals surface area contributed by atoms with Gasteiger partial charge in [-0.15, -0.1) is 0 Å². The molecule has 0 N–H and O–H groups in total. The van der Waals surface area contributed by atoms with Crippen LogP contribution >= 0.6 is 0 Å². The Labute approximate surface area is 171 Å². The van der Waals surface area contributed by atoms with Crippen LogP contribution in [0.3, 0.4) is 0 Å². The second-order valence-electron chi connectivity index (χ2n) is 7.29. The van der Waals surface area contributed by atoms with E-state index in [0.29, 0.717) is 18.8 Å². The van der Waals surface area contributed by atoms with Gasteiger partial charge in [0.15, 0.2) is 0 Å². The van der Waals surface area contributed by atoms with Crippen LogP contribution in [-0.4, -0.2) is 31.6 Å². The van der Waals surface area contributed by atoms with E-state index < -0.39 is 0 Å². The third kappa shape index (κ3) is 3.97.